The first-order chi connectivity index (χ1) is 7.20. The van der Waals surface area contributed by atoms with Crippen molar-refractivity contribution in [1.82, 2.24) is 0 Å². The Hall–Kier alpha value is -0.100. The van der Waals surface area contributed by atoms with Gasteiger partial charge in [0.1, 0.15) is 16.8 Å². The maximum atomic E-state index is 11.8. The summed E-state index contributed by atoms with van der Waals surface area (Å²) in [5, 5.41) is 19.3. The summed E-state index contributed by atoms with van der Waals surface area (Å²) in [5.74, 6) is 1.67. The van der Waals surface area contributed by atoms with Crippen LogP contribution in [0.25, 0.3) is 0 Å². The van der Waals surface area contributed by atoms with Gasteiger partial charge in [-0.05, 0) is 17.7 Å². The van der Waals surface area contributed by atoms with Crippen LogP contribution >= 0.6 is 11.8 Å². The highest BCUT2D eigenvalue weighted by atomic mass is 32.2. The Kier molecular flexibility index (Phi) is 3.66. The third-order valence-electron chi connectivity index (χ3n) is 2.53. The summed E-state index contributed by atoms with van der Waals surface area (Å²) in [5.41, 5.74) is 0.702. The van der Waals surface area contributed by atoms with Gasteiger partial charge in [-0.3, -0.25) is 4.21 Å². The number of aliphatic hydroxyl groups is 2. The van der Waals surface area contributed by atoms with Crippen molar-refractivity contribution in [3.8, 4) is 0 Å². The Labute approximate surface area is 95.7 Å². The molecule has 0 unspecified atom stereocenters. The molecule has 0 amide bonds. The molecule has 5 heteroatoms. The molecule has 0 radical (unpaired) electrons. The van der Waals surface area contributed by atoms with Crippen molar-refractivity contribution >= 4 is 22.6 Å². The molecular weight excluding hydrogens is 232 g/mol. The molecule has 0 aromatic heterocycles. The topological polar surface area (TPSA) is 57.5 Å². The minimum absolute atomic E-state index is 0.145. The van der Waals surface area contributed by atoms with E-state index < -0.39 is 23.0 Å². The third-order valence-corrected chi connectivity index (χ3v) is 6.12. The van der Waals surface area contributed by atoms with Gasteiger partial charge in [0, 0.05) is 16.6 Å². The molecule has 0 bridgehead atoms. The molecule has 1 saturated heterocycles. The van der Waals surface area contributed by atoms with Gasteiger partial charge in [-0.25, -0.2) is 0 Å². The van der Waals surface area contributed by atoms with E-state index in [4.69, 9.17) is 0 Å². The van der Waals surface area contributed by atoms with Crippen molar-refractivity contribution in [2.45, 2.75) is 23.2 Å². The zero-order chi connectivity index (χ0) is 10.8. The van der Waals surface area contributed by atoms with Crippen molar-refractivity contribution in [1.29, 1.82) is 0 Å². The Balaban J connectivity index is 2.18. The molecule has 3 nitrogen and oxygen atoms in total. The van der Waals surface area contributed by atoms with Crippen LogP contribution < -0.4 is 0 Å². The lowest BCUT2D eigenvalue weighted by Gasteiger charge is -2.29. The molecule has 1 aliphatic heterocycles. The van der Waals surface area contributed by atoms with E-state index in [1.54, 1.807) is 30.0 Å². The molecule has 1 aliphatic carbocycles. The second-order valence-corrected chi connectivity index (χ2v) is 6.78. The van der Waals surface area contributed by atoms with Crippen molar-refractivity contribution < 1.29 is 14.4 Å². The summed E-state index contributed by atoms with van der Waals surface area (Å²) in [4.78, 5) is 0. The molecule has 15 heavy (non-hydrogen) atoms. The fourth-order valence-electron chi connectivity index (χ4n) is 1.72. The Morgan fingerprint density at radius 2 is 2.27 bits per heavy atom. The summed E-state index contributed by atoms with van der Waals surface area (Å²) in [6.45, 7) is 0. The monoisotopic (exact) mass is 246 g/mol. The molecule has 2 N–H and O–H groups in total. The van der Waals surface area contributed by atoms with Crippen LogP contribution in [0, 0.1) is 0 Å². The fourth-order valence-corrected chi connectivity index (χ4v) is 5.19. The van der Waals surface area contributed by atoms with E-state index in [0.29, 0.717) is 11.3 Å². The van der Waals surface area contributed by atoms with Gasteiger partial charge in [-0.1, -0.05) is 18.2 Å². The second-order valence-electron chi connectivity index (χ2n) is 3.63. The smallest absolute Gasteiger partial charge is 0.107 e. The van der Waals surface area contributed by atoms with Crippen molar-refractivity contribution in [3.05, 3.63) is 23.8 Å². The van der Waals surface area contributed by atoms with Crippen LogP contribution in [-0.4, -0.2) is 42.7 Å². The lowest BCUT2D eigenvalue weighted by molar-refractivity contribution is 0.0712. The normalized spacial score (nSPS) is 41.3. The van der Waals surface area contributed by atoms with Gasteiger partial charge in [0.15, 0.2) is 0 Å². The zero-order valence-corrected chi connectivity index (χ0v) is 9.84. The van der Waals surface area contributed by atoms with Gasteiger partial charge in [0.05, 0.1) is 0 Å². The van der Waals surface area contributed by atoms with E-state index in [1.807, 2.05) is 0 Å². The molecule has 84 valence electrons. The molecule has 2 rings (SSSR count). The van der Waals surface area contributed by atoms with E-state index in [9.17, 15) is 14.4 Å². The molecule has 2 aliphatic rings. The standard InChI is InChI=1S/C10H14O3S2/c11-8-4-1-3-7(9(8)12)10-14-5-2-6-15(10)13/h1,3-4,8-12H,2,5-6H2/t8-,9+,10-,15-/m0/s1. The maximum absolute atomic E-state index is 11.8. The largest absolute Gasteiger partial charge is 0.386 e. The summed E-state index contributed by atoms with van der Waals surface area (Å²) in [7, 11) is -0.921. The minimum Gasteiger partial charge on any atom is -0.386 e. The van der Waals surface area contributed by atoms with Crippen LogP contribution in [0.3, 0.4) is 0 Å². The quantitative estimate of drug-likeness (QED) is 0.704. The first kappa shape index (κ1) is 11.4. The van der Waals surface area contributed by atoms with E-state index in [1.165, 1.54) is 0 Å². The van der Waals surface area contributed by atoms with Crippen LogP contribution in [0.15, 0.2) is 23.8 Å². The van der Waals surface area contributed by atoms with Gasteiger partial charge in [-0.15, -0.1) is 11.8 Å². The van der Waals surface area contributed by atoms with E-state index in [2.05, 4.69) is 0 Å². The van der Waals surface area contributed by atoms with Crippen LogP contribution in [0.2, 0.25) is 0 Å². The zero-order valence-electron chi connectivity index (χ0n) is 8.20. The first-order valence-corrected chi connectivity index (χ1v) is 7.36. The fraction of sp³-hybridized carbons (Fsp3) is 0.600. The molecule has 0 saturated carbocycles. The van der Waals surface area contributed by atoms with E-state index in [-0.39, 0.29) is 4.58 Å². The van der Waals surface area contributed by atoms with Gasteiger partial charge in [0.25, 0.3) is 0 Å². The molecule has 0 spiro atoms. The number of rotatable bonds is 1. The highest BCUT2D eigenvalue weighted by Gasteiger charge is 2.32. The Morgan fingerprint density at radius 1 is 1.47 bits per heavy atom. The number of hydrogen-bond donors (Lipinski definition) is 2. The van der Waals surface area contributed by atoms with E-state index in [0.717, 1.165) is 12.2 Å². The summed E-state index contributed by atoms with van der Waals surface area (Å²) < 4.78 is 11.6. The SMILES string of the molecule is O=[S@]1CCCS[C@@H]1C1=CC=C[C@H](O)[C@@H]1O. The number of hydrogen-bond acceptors (Lipinski definition) is 4. The molecular formula is C10H14O3S2. The highest BCUT2D eigenvalue weighted by Crippen LogP contribution is 2.32. The van der Waals surface area contributed by atoms with Crippen molar-refractivity contribution in [3.63, 3.8) is 0 Å². The van der Waals surface area contributed by atoms with Crippen molar-refractivity contribution in [2.75, 3.05) is 11.5 Å². The average molecular weight is 246 g/mol. The molecule has 0 aromatic carbocycles. The maximum Gasteiger partial charge on any atom is 0.107 e. The van der Waals surface area contributed by atoms with E-state index >= 15 is 0 Å². The van der Waals surface area contributed by atoms with Gasteiger partial charge in [-0.2, -0.15) is 0 Å². The Morgan fingerprint density at radius 3 is 3.00 bits per heavy atom. The van der Waals surface area contributed by atoms with Crippen molar-refractivity contribution in [2.24, 2.45) is 0 Å². The average Bonchev–Trinajstić information content (AvgIpc) is 2.23. The molecule has 1 fully saturated rings. The van der Waals surface area contributed by atoms with Gasteiger partial charge >= 0.3 is 0 Å². The third kappa shape index (κ3) is 2.36. The summed E-state index contributed by atoms with van der Waals surface area (Å²) in [6.07, 6.45) is 4.26. The Bertz CT molecular complexity index is 325. The second kappa shape index (κ2) is 4.82. The molecule has 1 heterocycles. The highest BCUT2D eigenvalue weighted by molar-refractivity contribution is 8.12. The molecule has 0 aromatic rings. The van der Waals surface area contributed by atoms with Gasteiger partial charge < -0.3 is 10.2 Å². The number of allylic oxidation sites excluding steroid dienone is 2. The lowest BCUT2D eigenvalue weighted by atomic mass is 10.0. The van der Waals surface area contributed by atoms with Crippen LogP contribution in [-0.2, 0) is 10.8 Å². The summed E-state index contributed by atoms with van der Waals surface area (Å²) >= 11 is 1.61. The number of aliphatic hydroxyl groups excluding tert-OH is 2. The predicted molar refractivity (Wildman–Crippen MR) is 63.1 cm³/mol. The van der Waals surface area contributed by atoms with Crippen LogP contribution in [0.5, 0.6) is 0 Å². The van der Waals surface area contributed by atoms with Crippen LogP contribution in [0.4, 0.5) is 0 Å². The van der Waals surface area contributed by atoms with Gasteiger partial charge in [0.2, 0.25) is 0 Å². The van der Waals surface area contributed by atoms with Crippen LogP contribution in [0.1, 0.15) is 6.42 Å². The minimum atomic E-state index is -0.921. The molecule has 4 atom stereocenters. The first-order valence-electron chi connectivity index (χ1n) is 4.93. The lowest BCUT2D eigenvalue weighted by Crippen LogP contribution is -2.35. The predicted octanol–water partition coefficient (Wildman–Crippen LogP) is 0.416. The summed E-state index contributed by atoms with van der Waals surface area (Å²) in [6, 6.07) is 0. The number of thioether (sulfide) groups is 1.